The van der Waals surface area contributed by atoms with Crippen molar-refractivity contribution >= 4 is 58.3 Å². The standard InChI is InChI=1S/C39H49N9O8/c1-38(2,3)55-29(49)17-16-27(34(51)45-28(36(53)56-39(4,5)6)19-22-10-9-11-24(18-22)35(52)54-8)44-33(50)23-12-14-26(15-13-23)48(7)21-25-20-42-32-30(43-25)31(40)46-37(41)47-32/h9-15,18,20,27-28H,16-17,19,21H2,1-8H3,(H,44,50)(H,45,51)(H4,40,41,42,46,47)/t27-,28-/m0/s1. The number of hydrogen-bond donors (Lipinski definition) is 4. The maximum Gasteiger partial charge on any atom is 0.337 e. The number of amides is 2. The number of methoxy groups -OCH3 is 1. The highest BCUT2D eigenvalue weighted by Crippen LogP contribution is 2.20. The molecule has 298 valence electrons. The second kappa shape index (κ2) is 17.8. The summed E-state index contributed by atoms with van der Waals surface area (Å²) in [4.78, 5) is 84.5. The molecule has 0 aliphatic carbocycles. The fourth-order valence-electron chi connectivity index (χ4n) is 5.44. The molecule has 0 radical (unpaired) electrons. The lowest BCUT2D eigenvalue weighted by Gasteiger charge is -2.27. The molecule has 4 rings (SSSR count). The number of fused-ring (bicyclic) bond motifs is 1. The molecule has 0 aliphatic heterocycles. The molecule has 17 nitrogen and oxygen atoms in total. The topological polar surface area (TPSA) is 244 Å². The van der Waals surface area contributed by atoms with Gasteiger partial charge in [-0.25, -0.2) is 19.6 Å². The fourth-order valence-corrected chi connectivity index (χ4v) is 5.44. The van der Waals surface area contributed by atoms with Crippen molar-refractivity contribution in [1.82, 2.24) is 30.6 Å². The first kappa shape index (κ1) is 42.4. The van der Waals surface area contributed by atoms with Crippen LogP contribution in [0.2, 0.25) is 0 Å². The predicted molar refractivity (Wildman–Crippen MR) is 208 cm³/mol. The third kappa shape index (κ3) is 12.3. The Labute approximate surface area is 324 Å². The van der Waals surface area contributed by atoms with Gasteiger partial charge in [0.1, 0.15) is 23.3 Å². The van der Waals surface area contributed by atoms with Gasteiger partial charge in [-0.2, -0.15) is 9.97 Å². The van der Waals surface area contributed by atoms with E-state index >= 15 is 0 Å². The van der Waals surface area contributed by atoms with Gasteiger partial charge in [-0.15, -0.1) is 0 Å². The highest BCUT2D eigenvalue weighted by Gasteiger charge is 2.31. The smallest absolute Gasteiger partial charge is 0.337 e. The van der Waals surface area contributed by atoms with Crippen molar-refractivity contribution in [3.8, 4) is 0 Å². The van der Waals surface area contributed by atoms with Crippen LogP contribution in [0.5, 0.6) is 0 Å². The van der Waals surface area contributed by atoms with E-state index in [1.807, 2.05) is 11.9 Å². The molecule has 2 heterocycles. The van der Waals surface area contributed by atoms with Crippen LogP contribution < -0.4 is 27.0 Å². The van der Waals surface area contributed by atoms with Gasteiger partial charge in [0.05, 0.1) is 31.1 Å². The second-order valence-electron chi connectivity index (χ2n) is 15.0. The molecule has 56 heavy (non-hydrogen) atoms. The minimum Gasteiger partial charge on any atom is -0.465 e. The third-order valence-electron chi connectivity index (χ3n) is 7.95. The molecule has 0 saturated heterocycles. The lowest BCUT2D eigenvalue weighted by molar-refractivity contribution is -0.159. The van der Waals surface area contributed by atoms with Gasteiger partial charge in [-0.1, -0.05) is 12.1 Å². The zero-order valence-electron chi connectivity index (χ0n) is 32.8. The number of nitrogens with one attached hydrogen (secondary N) is 2. The van der Waals surface area contributed by atoms with Crippen LogP contribution in [0.1, 0.15) is 86.4 Å². The summed E-state index contributed by atoms with van der Waals surface area (Å²) >= 11 is 0. The molecule has 6 N–H and O–H groups in total. The Morgan fingerprint density at radius 2 is 1.52 bits per heavy atom. The van der Waals surface area contributed by atoms with Gasteiger partial charge in [0.25, 0.3) is 5.91 Å². The Kier molecular flexibility index (Phi) is 13.5. The van der Waals surface area contributed by atoms with E-state index in [0.29, 0.717) is 23.3 Å². The molecule has 0 bridgehead atoms. The Bertz CT molecular complexity index is 2080. The summed E-state index contributed by atoms with van der Waals surface area (Å²) in [6, 6.07) is 10.6. The summed E-state index contributed by atoms with van der Waals surface area (Å²) in [5, 5.41) is 5.43. The van der Waals surface area contributed by atoms with Crippen molar-refractivity contribution < 1.29 is 38.2 Å². The number of esters is 3. The van der Waals surface area contributed by atoms with Crippen molar-refractivity contribution in [3.63, 3.8) is 0 Å². The van der Waals surface area contributed by atoms with Crippen LogP contribution in [0.4, 0.5) is 17.5 Å². The summed E-state index contributed by atoms with van der Waals surface area (Å²) in [6.07, 6.45) is 1.16. The van der Waals surface area contributed by atoms with Crippen molar-refractivity contribution in [2.45, 2.75) is 90.6 Å². The number of nitrogen functional groups attached to an aromatic ring is 2. The summed E-state index contributed by atoms with van der Waals surface area (Å²) in [6.45, 7) is 10.6. The number of ether oxygens (including phenoxy) is 3. The van der Waals surface area contributed by atoms with Crippen LogP contribution >= 0.6 is 0 Å². The van der Waals surface area contributed by atoms with Crippen molar-refractivity contribution in [1.29, 1.82) is 0 Å². The number of benzene rings is 2. The van der Waals surface area contributed by atoms with Crippen LogP contribution in [0.3, 0.4) is 0 Å². The largest absolute Gasteiger partial charge is 0.465 e. The highest BCUT2D eigenvalue weighted by molar-refractivity contribution is 5.98. The number of carbonyl (C=O) groups excluding carboxylic acids is 5. The van der Waals surface area contributed by atoms with Crippen LogP contribution in [-0.2, 0) is 41.6 Å². The molecule has 0 fully saturated rings. The van der Waals surface area contributed by atoms with Gasteiger partial charge in [-0.05, 0) is 89.9 Å². The maximum absolute atomic E-state index is 13.9. The first-order valence-corrected chi connectivity index (χ1v) is 17.8. The Hall–Kier alpha value is -6.39. The van der Waals surface area contributed by atoms with Crippen molar-refractivity contribution in [3.05, 3.63) is 77.1 Å². The number of carbonyl (C=O) groups is 5. The highest BCUT2D eigenvalue weighted by atomic mass is 16.6. The predicted octanol–water partition coefficient (Wildman–Crippen LogP) is 3.30. The maximum atomic E-state index is 13.9. The van der Waals surface area contributed by atoms with Gasteiger partial charge in [-0.3, -0.25) is 14.4 Å². The molecule has 0 unspecified atom stereocenters. The number of nitrogens with two attached hydrogens (primary N) is 2. The van der Waals surface area contributed by atoms with E-state index in [-0.39, 0.29) is 47.8 Å². The van der Waals surface area contributed by atoms with E-state index in [0.717, 1.165) is 5.69 Å². The van der Waals surface area contributed by atoms with E-state index in [9.17, 15) is 24.0 Å². The molecule has 17 heteroatoms. The zero-order valence-corrected chi connectivity index (χ0v) is 32.8. The van der Waals surface area contributed by atoms with Crippen LogP contribution in [0, 0.1) is 0 Å². The Balaban J connectivity index is 1.53. The number of anilines is 3. The lowest BCUT2D eigenvalue weighted by Crippen LogP contribution is -2.53. The van der Waals surface area contributed by atoms with E-state index in [4.69, 9.17) is 25.7 Å². The normalized spacial score (nSPS) is 12.6. The van der Waals surface area contributed by atoms with Gasteiger partial charge in [0.2, 0.25) is 11.9 Å². The minimum absolute atomic E-state index is 0.00179. The quantitative estimate of drug-likeness (QED) is 0.106. The lowest BCUT2D eigenvalue weighted by atomic mass is 10.0. The molecular weight excluding hydrogens is 722 g/mol. The van der Waals surface area contributed by atoms with E-state index in [2.05, 4.69) is 30.6 Å². The minimum atomic E-state index is -1.26. The van der Waals surface area contributed by atoms with Crippen LogP contribution in [0.25, 0.3) is 11.2 Å². The molecule has 0 saturated carbocycles. The number of hydrogen-bond acceptors (Lipinski definition) is 15. The fraction of sp³-hybridized carbons (Fsp3) is 0.410. The van der Waals surface area contributed by atoms with Gasteiger partial charge in [0, 0.05) is 31.1 Å². The molecule has 4 aromatic rings. The van der Waals surface area contributed by atoms with E-state index in [1.165, 1.54) is 7.11 Å². The van der Waals surface area contributed by atoms with Gasteiger partial charge < -0.3 is 41.2 Å². The van der Waals surface area contributed by atoms with Crippen LogP contribution in [-0.4, -0.2) is 87.1 Å². The van der Waals surface area contributed by atoms with Crippen molar-refractivity contribution in [2.75, 3.05) is 30.5 Å². The first-order valence-electron chi connectivity index (χ1n) is 17.8. The molecule has 0 aliphatic rings. The summed E-state index contributed by atoms with van der Waals surface area (Å²) in [5.41, 5.74) is 12.9. The number of nitrogens with zero attached hydrogens (tertiary/aromatic N) is 5. The van der Waals surface area contributed by atoms with Crippen LogP contribution in [0.15, 0.2) is 54.7 Å². The average Bonchev–Trinajstić information content (AvgIpc) is 3.11. The molecule has 2 aromatic carbocycles. The average molecular weight is 772 g/mol. The Morgan fingerprint density at radius 1 is 0.839 bits per heavy atom. The number of rotatable bonds is 14. The summed E-state index contributed by atoms with van der Waals surface area (Å²) in [5.74, 6) is -3.09. The molecule has 2 aromatic heterocycles. The molecular formula is C39H49N9O8. The number of aromatic nitrogens is 4. The Morgan fingerprint density at radius 3 is 2.16 bits per heavy atom. The molecule has 2 atom stereocenters. The van der Waals surface area contributed by atoms with E-state index < -0.39 is 53.0 Å². The summed E-state index contributed by atoms with van der Waals surface area (Å²) in [7, 11) is 3.08. The second-order valence-corrected chi connectivity index (χ2v) is 15.0. The molecule has 2 amide bonds. The third-order valence-corrected chi connectivity index (χ3v) is 7.95. The molecule has 0 spiro atoms. The van der Waals surface area contributed by atoms with Crippen molar-refractivity contribution in [2.24, 2.45) is 0 Å². The monoisotopic (exact) mass is 771 g/mol. The van der Waals surface area contributed by atoms with Gasteiger partial charge in [0.15, 0.2) is 17.0 Å². The van der Waals surface area contributed by atoms with Gasteiger partial charge >= 0.3 is 17.9 Å². The SMILES string of the molecule is COC(=O)c1cccc(C[C@H](NC(=O)[C@H](CCC(=O)OC(C)(C)C)NC(=O)c2ccc(N(C)Cc3cnc4nc(N)nc(N)c4n3)cc2)C(=O)OC(C)(C)C)c1. The first-order chi connectivity index (χ1) is 26.2. The summed E-state index contributed by atoms with van der Waals surface area (Å²) < 4.78 is 15.9. The van der Waals surface area contributed by atoms with E-state index in [1.54, 1.807) is 96.3 Å². The zero-order chi connectivity index (χ0) is 41.4.